The predicted octanol–water partition coefficient (Wildman–Crippen LogP) is 4.63. The van der Waals surface area contributed by atoms with Crippen molar-refractivity contribution in [2.45, 2.75) is 11.1 Å². The van der Waals surface area contributed by atoms with Gasteiger partial charge in [0, 0.05) is 11.9 Å². The van der Waals surface area contributed by atoms with E-state index in [0.717, 1.165) is 34.0 Å². The number of rotatable bonds is 4. The molecule has 3 heterocycles. The molecule has 1 saturated heterocycles. The molecular formula is C19H14ClN3O3S3. The van der Waals surface area contributed by atoms with E-state index < -0.39 is 10.0 Å². The Balaban J connectivity index is 1.69. The maximum atomic E-state index is 12.8. The lowest BCUT2D eigenvalue weighted by Gasteiger charge is -2.11. The number of halogens is 1. The lowest BCUT2D eigenvalue weighted by Crippen LogP contribution is -2.29. The first kappa shape index (κ1) is 20.1. The van der Waals surface area contributed by atoms with E-state index in [4.69, 9.17) is 11.6 Å². The quantitative estimate of drug-likeness (QED) is 0.527. The Labute approximate surface area is 181 Å². The number of thioether (sulfide) groups is 1. The maximum Gasteiger partial charge on any atom is 0.294 e. The number of carbonyl (C=O) groups excluding carboxylic acids is 1. The summed E-state index contributed by atoms with van der Waals surface area (Å²) in [7, 11) is -3.95. The van der Waals surface area contributed by atoms with Gasteiger partial charge in [-0.05, 0) is 49.0 Å². The van der Waals surface area contributed by atoms with Crippen molar-refractivity contribution >= 4 is 72.8 Å². The topological polar surface area (TPSA) is 79.7 Å². The normalized spacial score (nSPS) is 17.7. The first-order valence-electron chi connectivity index (χ1n) is 8.55. The SMILES string of the molecule is CCN1C(=O)C(=Cc2ccc3ccccc3n2)SC1=NS(=O)(=O)c1ccc(Cl)s1. The number of fused-ring (bicyclic) bond motifs is 1. The number of aromatic nitrogens is 1. The Morgan fingerprint density at radius 1 is 1.17 bits per heavy atom. The average Bonchev–Trinajstić information content (AvgIpc) is 3.25. The zero-order valence-corrected chi connectivity index (χ0v) is 18.3. The van der Waals surface area contributed by atoms with Gasteiger partial charge in [-0.15, -0.1) is 15.7 Å². The van der Waals surface area contributed by atoms with Crippen molar-refractivity contribution in [3.05, 3.63) is 63.5 Å². The Kier molecular flexibility index (Phi) is 5.48. The Bertz CT molecular complexity index is 1280. The van der Waals surface area contributed by atoms with Gasteiger partial charge in [0.05, 0.1) is 20.5 Å². The summed E-state index contributed by atoms with van der Waals surface area (Å²) >= 11 is 7.78. The number of nitrogens with zero attached hydrogens (tertiary/aromatic N) is 3. The molecule has 148 valence electrons. The van der Waals surface area contributed by atoms with Crippen molar-refractivity contribution in [3.8, 4) is 0 Å². The van der Waals surface area contributed by atoms with E-state index in [-0.39, 0.29) is 15.3 Å². The highest BCUT2D eigenvalue weighted by Gasteiger charge is 2.34. The molecule has 1 fully saturated rings. The molecule has 1 aliphatic rings. The molecule has 6 nitrogen and oxygen atoms in total. The second-order valence-electron chi connectivity index (χ2n) is 6.00. The number of amides is 1. The minimum atomic E-state index is -3.95. The fourth-order valence-corrected chi connectivity index (χ4v) is 6.43. The van der Waals surface area contributed by atoms with Crippen molar-refractivity contribution in [1.82, 2.24) is 9.88 Å². The molecular weight excluding hydrogens is 450 g/mol. The molecule has 0 unspecified atom stereocenters. The van der Waals surface area contributed by atoms with Crippen LogP contribution in [0.3, 0.4) is 0 Å². The standard InChI is InChI=1S/C19H14ClN3O3S3/c1-2-23-18(24)15(11-13-8-7-12-5-3-4-6-14(12)21-13)27-19(23)22-29(25,26)17-10-9-16(20)28-17/h3-11H,2H2,1H3. The molecule has 3 aromatic rings. The van der Waals surface area contributed by atoms with Crippen LogP contribution in [-0.4, -0.2) is 35.9 Å². The molecule has 0 atom stereocenters. The second kappa shape index (κ2) is 7.91. The highest BCUT2D eigenvalue weighted by Crippen LogP contribution is 2.34. The number of amidine groups is 1. The summed E-state index contributed by atoms with van der Waals surface area (Å²) in [5, 5.41) is 1.12. The second-order valence-corrected chi connectivity index (χ2v) is 10.6. The Morgan fingerprint density at radius 2 is 1.97 bits per heavy atom. The van der Waals surface area contributed by atoms with Gasteiger partial charge in [0.25, 0.3) is 15.9 Å². The number of likely N-dealkylation sites (N-methyl/N-ethyl adjacent to an activating group) is 1. The Morgan fingerprint density at radius 3 is 2.69 bits per heavy atom. The van der Waals surface area contributed by atoms with Gasteiger partial charge in [0.2, 0.25) is 0 Å². The lowest BCUT2D eigenvalue weighted by molar-refractivity contribution is -0.122. The summed E-state index contributed by atoms with van der Waals surface area (Å²) in [6.07, 6.45) is 1.65. The van der Waals surface area contributed by atoms with Crippen molar-refractivity contribution in [2.24, 2.45) is 4.40 Å². The summed E-state index contributed by atoms with van der Waals surface area (Å²) in [6, 6.07) is 14.3. The molecule has 10 heteroatoms. The van der Waals surface area contributed by atoms with Gasteiger partial charge in [-0.1, -0.05) is 35.9 Å². The van der Waals surface area contributed by atoms with Gasteiger partial charge >= 0.3 is 0 Å². The van der Waals surface area contributed by atoms with Crippen LogP contribution in [0.5, 0.6) is 0 Å². The summed E-state index contributed by atoms with van der Waals surface area (Å²) in [5.41, 5.74) is 1.43. The maximum absolute atomic E-state index is 12.8. The van der Waals surface area contributed by atoms with E-state index in [1.54, 1.807) is 13.0 Å². The number of para-hydroxylation sites is 1. The molecule has 1 aromatic carbocycles. The molecule has 0 radical (unpaired) electrons. The number of carbonyl (C=O) groups is 1. The monoisotopic (exact) mass is 463 g/mol. The fraction of sp³-hybridized carbons (Fsp3) is 0.105. The van der Waals surface area contributed by atoms with Crippen molar-refractivity contribution in [3.63, 3.8) is 0 Å². The third-order valence-corrected chi connectivity index (χ3v) is 8.19. The van der Waals surface area contributed by atoms with Crippen LogP contribution in [0.1, 0.15) is 12.6 Å². The number of hydrogen-bond donors (Lipinski definition) is 0. The van der Waals surface area contributed by atoms with E-state index in [1.165, 1.54) is 17.0 Å². The van der Waals surface area contributed by atoms with E-state index in [1.807, 2.05) is 36.4 Å². The highest BCUT2D eigenvalue weighted by atomic mass is 35.5. The van der Waals surface area contributed by atoms with Crippen LogP contribution in [0, 0.1) is 0 Å². The van der Waals surface area contributed by atoms with E-state index in [0.29, 0.717) is 21.5 Å². The molecule has 0 bridgehead atoms. The van der Waals surface area contributed by atoms with Gasteiger partial charge < -0.3 is 0 Å². The largest absolute Gasteiger partial charge is 0.294 e. The van der Waals surface area contributed by atoms with Gasteiger partial charge in [0.15, 0.2) is 5.17 Å². The smallest absolute Gasteiger partial charge is 0.286 e. The first-order chi connectivity index (χ1) is 13.9. The number of hydrogen-bond acceptors (Lipinski definition) is 6. The van der Waals surface area contributed by atoms with Gasteiger partial charge in [0.1, 0.15) is 4.21 Å². The highest BCUT2D eigenvalue weighted by molar-refractivity contribution is 8.19. The molecule has 0 spiro atoms. The summed E-state index contributed by atoms with van der Waals surface area (Å²) in [6.45, 7) is 2.06. The number of thiophene rings is 1. The lowest BCUT2D eigenvalue weighted by atomic mass is 10.2. The van der Waals surface area contributed by atoms with Crippen molar-refractivity contribution in [1.29, 1.82) is 0 Å². The third kappa shape index (κ3) is 4.09. The van der Waals surface area contributed by atoms with Gasteiger partial charge in [-0.2, -0.15) is 8.42 Å². The molecule has 0 saturated carbocycles. The number of sulfonamides is 1. The molecule has 0 N–H and O–H groups in total. The first-order valence-corrected chi connectivity index (χ1v) is 12.0. The molecule has 1 amide bonds. The minimum Gasteiger partial charge on any atom is -0.286 e. The van der Waals surface area contributed by atoms with Crippen molar-refractivity contribution in [2.75, 3.05) is 6.54 Å². The third-order valence-electron chi connectivity index (χ3n) is 4.10. The van der Waals surface area contributed by atoms with Crippen LogP contribution < -0.4 is 0 Å². The summed E-state index contributed by atoms with van der Waals surface area (Å²) < 4.78 is 29.4. The number of benzene rings is 1. The summed E-state index contributed by atoms with van der Waals surface area (Å²) in [4.78, 5) is 19.0. The van der Waals surface area contributed by atoms with Crippen LogP contribution in [0.25, 0.3) is 17.0 Å². The number of pyridine rings is 1. The van der Waals surface area contributed by atoms with Crippen LogP contribution >= 0.6 is 34.7 Å². The molecule has 1 aliphatic heterocycles. The fourth-order valence-electron chi connectivity index (χ4n) is 2.74. The average molecular weight is 464 g/mol. The minimum absolute atomic E-state index is 0.0349. The molecule has 4 rings (SSSR count). The predicted molar refractivity (Wildman–Crippen MR) is 119 cm³/mol. The Hall–Kier alpha value is -2.20. The van der Waals surface area contributed by atoms with Crippen LogP contribution in [-0.2, 0) is 14.8 Å². The molecule has 0 aliphatic carbocycles. The van der Waals surface area contributed by atoms with E-state index in [2.05, 4.69) is 9.38 Å². The van der Waals surface area contributed by atoms with E-state index >= 15 is 0 Å². The van der Waals surface area contributed by atoms with E-state index in [9.17, 15) is 13.2 Å². The van der Waals surface area contributed by atoms with Crippen LogP contribution in [0.2, 0.25) is 4.34 Å². The zero-order chi connectivity index (χ0) is 20.6. The van der Waals surface area contributed by atoms with Gasteiger partial charge in [-0.3, -0.25) is 9.69 Å². The van der Waals surface area contributed by atoms with Crippen molar-refractivity contribution < 1.29 is 13.2 Å². The summed E-state index contributed by atoms with van der Waals surface area (Å²) in [5.74, 6) is -0.300. The van der Waals surface area contributed by atoms with Crippen LogP contribution in [0.4, 0.5) is 0 Å². The zero-order valence-electron chi connectivity index (χ0n) is 15.1. The van der Waals surface area contributed by atoms with Gasteiger partial charge in [-0.25, -0.2) is 4.98 Å². The molecule has 2 aromatic heterocycles. The molecule has 29 heavy (non-hydrogen) atoms. The van der Waals surface area contributed by atoms with Crippen LogP contribution in [0.15, 0.2) is 62.0 Å².